The molecule has 0 aliphatic heterocycles. The second-order valence-corrected chi connectivity index (χ2v) is 5.30. The van der Waals surface area contributed by atoms with E-state index in [0.717, 1.165) is 5.56 Å². The van der Waals surface area contributed by atoms with Gasteiger partial charge in [0.2, 0.25) is 0 Å². The van der Waals surface area contributed by atoms with Crippen molar-refractivity contribution < 1.29 is 4.79 Å². The van der Waals surface area contributed by atoms with E-state index in [1.165, 1.54) is 5.56 Å². The first-order chi connectivity index (χ1) is 9.47. The van der Waals surface area contributed by atoms with E-state index in [2.05, 4.69) is 6.07 Å². The lowest BCUT2D eigenvalue weighted by molar-refractivity contribution is 0.0785. The van der Waals surface area contributed by atoms with Crippen molar-refractivity contribution in [2.24, 2.45) is 0 Å². The fourth-order valence-corrected chi connectivity index (χ4v) is 2.27. The molecule has 0 atom stereocenters. The fraction of sp³-hybridized carbons (Fsp3) is 0.188. The van der Waals surface area contributed by atoms with Gasteiger partial charge in [-0.3, -0.25) is 4.79 Å². The molecule has 2 aromatic rings. The minimum absolute atomic E-state index is 0.135. The molecule has 0 aliphatic rings. The summed E-state index contributed by atoms with van der Waals surface area (Å²) in [4.78, 5) is 14.0. The van der Waals surface area contributed by atoms with Gasteiger partial charge in [-0.1, -0.05) is 41.4 Å². The van der Waals surface area contributed by atoms with Crippen molar-refractivity contribution >= 4 is 23.2 Å². The zero-order valence-corrected chi connectivity index (χ0v) is 12.3. The number of benzene rings is 2. The molecule has 4 heteroatoms. The van der Waals surface area contributed by atoms with Crippen LogP contribution in [0.1, 0.15) is 21.5 Å². The summed E-state index contributed by atoms with van der Waals surface area (Å²) in [6.07, 6.45) is 0. The number of nitrogen functional groups attached to an aromatic ring is 1. The molecule has 0 fully saturated rings. The monoisotopic (exact) mass is 288 g/mol. The molecule has 0 heterocycles. The van der Waals surface area contributed by atoms with Crippen molar-refractivity contribution in [3.8, 4) is 0 Å². The van der Waals surface area contributed by atoms with Gasteiger partial charge in [0.15, 0.2) is 0 Å². The smallest absolute Gasteiger partial charge is 0.255 e. The first-order valence-corrected chi connectivity index (χ1v) is 6.71. The van der Waals surface area contributed by atoms with E-state index in [0.29, 0.717) is 22.8 Å². The predicted molar refractivity (Wildman–Crippen MR) is 82.8 cm³/mol. The zero-order chi connectivity index (χ0) is 14.7. The van der Waals surface area contributed by atoms with Gasteiger partial charge in [-0.25, -0.2) is 0 Å². The maximum Gasteiger partial charge on any atom is 0.255 e. The first-order valence-electron chi connectivity index (χ1n) is 6.33. The van der Waals surface area contributed by atoms with Crippen LogP contribution in [0.2, 0.25) is 5.02 Å². The van der Waals surface area contributed by atoms with Crippen molar-refractivity contribution in [1.29, 1.82) is 0 Å². The summed E-state index contributed by atoms with van der Waals surface area (Å²) in [5.41, 5.74) is 8.93. The molecule has 0 unspecified atom stereocenters. The van der Waals surface area contributed by atoms with Crippen molar-refractivity contribution in [2.75, 3.05) is 12.8 Å². The molecular weight excluding hydrogens is 272 g/mol. The van der Waals surface area contributed by atoms with E-state index in [4.69, 9.17) is 17.3 Å². The summed E-state index contributed by atoms with van der Waals surface area (Å²) in [6.45, 7) is 2.56. The van der Waals surface area contributed by atoms with Crippen molar-refractivity contribution in [2.45, 2.75) is 13.5 Å². The Morgan fingerprint density at radius 2 is 2.00 bits per heavy atom. The molecule has 1 amide bonds. The Labute approximate surface area is 124 Å². The number of rotatable bonds is 3. The van der Waals surface area contributed by atoms with E-state index < -0.39 is 0 Å². The highest BCUT2D eigenvalue weighted by molar-refractivity contribution is 6.33. The maximum absolute atomic E-state index is 12.4. The molecule has 20 heavy (non-hydrogen) atoms. The minimum atomic E-state index is -0.135. The molecule has 0 bridgehead atoms. The Balaban J connectivity index is 2.18. The molecule has 0 saturated heterocycles. The van der Waals surface area contributed by atoms with E-state index in [1.807, 2.05) is 25.1 Å². The van der Waals surface area contributed by atoms with E-state index in [9.17, 15) is 4.79 Å². The molecule has 2 rings (SSSR count). The molecule has 0 spiro atoms. The number of carbonyl (C=O) groups is 1. The highest BCUT2D eigenvalue weighted by atomic mass is 35.5. The summed E-state index contributed by atoms with van der Waals surface area (Å²) in [5.74, 6) is -0.135. The van der Waals surface area contributed by atoms with Crippen LogP contribution in [0.25, 0.3) is 0 Å². The average molecular weight is 289 g/mol. The lowest BCUT2D eigenvalue weighted by atomic mass is 10.1. The SMILES string of the molecule is Cc1cccc(CN(C)C(=O)c2cc(N)ccc2Cl)c1. The van der Waals surface area contributed by atoms with Gasteiger partial charge in [0.25, 0.3) is 5.91 Å². The minimum Gasteiger partial charge on any atom is -0.399 e. The van der Waals surface area contributed by atoms with Gasteiger partial charge < -0.3 is 10.6 Å². The lowest BCUT2D eigenvalue weighted by Crippen LogP contribution is -2.26. The topological polar surface area (TPSA) is 46.3 Å². The molecule has 2 N–H and O–H groups in total. The number of nitrogens with zero attached hydrogens (tertiary/aromatic N) is 1. The van der Waals surface area contributed by atoms with Crippen LogP contribution in [-0.2, 0) is 6.54 Å². The first kappa shape index (κ1) is 14.4. The summed E-state index contributed by atoms with van der Waals surface area (Å²) in [7, 11) is 1.75. The highest BCUT2D eigenvalue weighted by Crippen LogP contribution is 2.21. The molecule has 104 valence electrons. The van der Waals surface area contributed by atoms with Gasteiger partial charge >= 0.3 is 0 Å². The Bertz CT molecular complexity index is 640. The van der Waals surface area contributed by atoms with Gasteiger partial charge in [-0.2, -0.15) is 0 Å². The number of hydrogen-bond donors (Lipinski definition) is 1. The van der Waals surface area contributed by atoms with Crippen LogP contribution in [0.4, 0.5) is 5.69 Å². The predicted octanol–water partition coefficient (Wildman–Crippen LogP) is 3.50. The number of carbonyl (C=O) groups excluding carboxylic acids is 1. The summed E-state index contributed by atoms with van der Waals surface area (Å²) < 4.78 is 0. The Morgan fingerprint density at radius 3 is 2.70 bits per heavy atom. The van der Waals surface area contributed by atoms with E-state index in [-0.39, 0.29) is 5.91 Å². The van der Waals surface area contributed by atoms with E-state index >= 15 is 0 Å². The van der Waals surface area contributed by atoms with Crippen molar-refractivity contribution in [1.82, 2.24) is 4.90 Å². The van der Waals surface area contributed by atoms with Gasteiger partial charge in [0.05, 0.1) is 10.6 Å². The molecule has 0 aromatic heterocycles. The average Bonchev–Trinajstić information content (AvgIpc) is 2.40. The Morgan fingerprint density at radius 1 is 1.25 bits per heavy atom. The molecule has 0 aliphatic carbocycles. The van der Waals surface area contributed by atoms with Gasteiger partial charge in [0.1, 0.15) is 0 Å². The van der Waals surface area contributed by atoms with Crippen molar-refractivity contribution in [3.63, 3.8) is 0 Å². The van der Waals surface area contributed by atoms with Crippen LogP contribution < -0.4 is 5.73 Å². The third kappa shape index (κ3) is 3.31. The zero-order valence-electron chi connectivity index (χ0n) is 11.6. The van der Waals surface area contributed by atoms with Crippen LogP contribution in [0.3, 0.4) is 0 Å². The largest absolute Gasteiger partial charge is 0.399 e. The number of anilines is 1. The number of amides is 1. The quantitative estimate of drug-likeness (QED) is 0.879. The Hall–Kier alpha value is -2.00. The number of halogens is 1. The van der Waals surface area contributed by atoms with Crippen LogP contribution >= 0.6 is 11.6 Å². The molecular formula is C16H17ClN2O. The second-order valence-electron chi connectivity index (χ2n) is 4.89. The van der Waals surface area contributed by atoms with E-state index in [1.54, 1.807) is 30.1 Å². The van der Waals surface area contributed by atoms with Crippen molar-refractivity contribution in [3.05, 3.63) is 64.2 Å². The maximum atomic E-state index is 12.4. The number of hydrogen-bond acceptors (Lipinski definition) is 2. The second kappa shape index (κ2) is 5.97. The molecule has 3 nitrogen and oxygen atoms in total. The van der Waals surface area contributed by atoms with Gasteiger partial charge in [-0.05, 0) is 30.7 Å². The van der Waals surface area contributed by atoms with Crippen LogP contribution in [0.15, 0.2) is 42.5 Å². The summed E-state index contributed by atoms with van der Waals surface area (Å²) in [6, 6.07) is 13.0. The van der Waals surface area contributed by atoms with Gasteiger partial charge in [-0.15, -0.1) is 0 Å². The lowest BCUT2D eigenvalue weighted by Gasteiger charge is -2.18. The molecule has 0 radical (unpaired) electrons. The van der Waals surface area contributed by atoms with Crippen LogP contribution in [0.5, 0.6) is 0 Å². The normalized spacial score (nSPS) is 10.3. The fourth-order valence-electron chi connectivity index (χ4n) is 2.07. The van der Waals surface area contributed by atoms with Crippen LogP contribution in [0, 0.1) is 6.92 Å². The Kier molecular flexibility index (Phi) is 4.30. The third-order valence-corrected chi connectivity index (χ3v) is 3.40. The summed E-state index contributed by atoms with van der Waals surface area (Å²) >= 11 is 6.06. The number of aryl methyl sites for hydroxylation is 1. The molecule has 0 saturated carbocycles. The number of nitrogens with two attached hydrogens (primary N) is 1. The van der Waals surface area contributed by atoms with Crippen LogP contribution in [-0.4, -0.2) is 17.9 Å². The third-order valence-electron chi connectivity index (χ3n) is 3.07. The summed E-state index contributed by atoms with van der Waals surface area (Å²) in [5, 5.41) is 0.417. The molecule has 2 aromatic carbocycles. The highest BCUT2D eigenvalue weighted by Gasteiger charge is 2.15. The van der Waals surface area contributed by atoms with Gasteiger partial charge in [0, 0.05) is 19.3 Å². The standard InChI is InChI=1S/C16H17ClN2O/c1-11-4-3-5-12(8-11)10-19(2)16(20)14-9-13(18)6-7-15(14)17/h3-9H,10,18H2,1-2H3.